The fraction of sp³-hybridized carbons (Fsp3) is 0.457. The van der Waals surface area contributed by atoms with Crippen LogP contribution in [-0.2, 0) is 16.1 Å². The van der Waals surface area contributed by atoms with E-state index in [2.05, 4.69) is 22.0 Å². The van der Waals surface area contributed by atoms with Crippen LogP contribution in [0.4, 0.5) is 27.6 Å². The molecule has 12 heteroatoms. The van der Waals surface area contributed by atoms with Crippen LogP contribution in [0.5, 0.6) is 0 Å². The number of halogens is 5. The van der Waals surface area contributed by atoms with Crippen molar-refractivity contribution in [1.29, 1.82) is 0 Å². The molecule has 3 aromatic rings. The lowest BCUT2D eigenvalue weighted by Crippen LogP contribution is -2.48. The molecule has 1 amide bonds. The maximum Gasteiger partial charge on any atom is 0.261 e. The summed E-state index contributed by atoms with van der Waals surface area (Å²) in [5.41, 5.74) is 0.840. The molecule has 0 spiro atoms. The summed E-state index contributed by atoms with van der Waals surface area (Å²) in [5.74, 6) is -12.6. The number of carbonyl (C=O) groups is 1. The molecule has 0 aromatic heterocycles. The SMILES string of the molecule is C[C@H]1[C@@H](CN2CCC[C@H]2CN2CCCC2)O[C@@H](c2ccc(NC(=O)c3c(F)c(F)c(F)c(F)c3F)cc2)O[C@H]1c1ccc(CO)cc1. The Morgan fingerprint density at radius 1 is 0.809 bits per heavy atom. The first-order valence-electron chi connectivity index (χ1n) is 16.0. The van der Waals surface area contributed by atoms with Gasteiger partial charge in [0.15, 0.2) is 29.6 Å². The first-order valence-corrected chi connectivity index (χ1v) is 16.0. The average molecular weight is 660 g/mol. The van der Waals surface area contributed by atoms with E-state index < -0.39 is 46.8 Å². The van der Waals surface area contributed by atoms with Gasteiger partial charge in [0.25, 0.3) is 5.91 Å². The van der Waals surface area contributed by atoms with Crippen molar-refractivity contribution < 1.29 is 41.3 Å². The van der Waals surface area contributed by atoms with E-state index in [0.29, 0.717) is 11.6 Å². The quantitative estimate of drug-likeness (QED) is 0.156. The summed E-state index contributed by atoms with van der Waals surface area (Å²) in [7, 11) is 0. The Morgan fingerprint density at radius 2 is 1.43 bits per heavy atom. The van der Waals surface area contributed by atoms with Crippen LogP contribution in [0.1, 0.15) is 72.0 Å². The minimum absolute atomic E-state index is 0.0147. The van der Waals surface area contributed by atoms with Gasteiger partial charge in [0.1, 0.15) is 5.56 Å². The van der Waals surface area contributed by atoms with E-state index in [4.69, 9.17) is 9.47 Å². The van der Waals surface area contributed by atoms with E-state index >= 15 is 0 Å². The molecule has 2 N–H and O–H groups in total. The number of aliphatic hydroxyl groups is 1. The highest BCUT2D eigenvalue weighted by Crippen LogP contribution is 2.42. The van der Waals surface area contributed by atoms with Crippen LogP contribution in [0.3, 0.4) is 0 Å². The number of nitrogens with zero attached hydrogens (tertiary/aromatic N) is 2. The summed E-state index contributed by atoms with van der Waals surface area (Å²) in [6.45, 7) is 7.07. The molecular formula is C35H38F5N3O4. The summed E-state index contributed by atoms with van der Waals surface area (Å²) >= 11 is 0. The van der Waals surface area contributed by atoms with Gasteiger partial charge in [-0.05, 0) is 68.6 Å². The van der Waals surface area contributed by atoms with Crippen molar-refractivity contribution >= 4 is 11.6 Å². The van der Waals surface area contributed by atoms with Crippen molar-refractivity contribution in [3.05, 3.63) is 99.9 Å². The first-order chi connectivity index (χ1) is 22.6. The van der Waals surface area contributed by atoms with Gasteiger partial charge in [-0.2, -0.15) is 0 Å². The summed E-state index contributed by atoms with van der Waals surface area (Å²) in [6.07, 6.45) is 3.43. The number of anilines is 1. The van der Waals surface area contributed by atoms with Gasteiger partial charge < -0.3 is 24.8 Å². The third-order valence-corrected chi connectivity index (χ3v) is 9.58. The third-order valence-electron chi connectivity index (χ3n) is 9.58. The molecule has 3 aromatic carbocycles. The number of likely N-dealkylation sites (tertiary alicyclic amines) is 2. The maximum absolute atomic E-state index is 14.2. The molecule has 0 aliphatic carbocycles. The molecule has 0 bridgehead atoms. The van der Waals surface area contributed by atoms with Crippen LogP contribution in [-0.4, -0.2) is 65.7 Å². The predicted molar refractivity (Wildman–Crippen MR) is 164 cm³/mol. The zero-order valence-corrected chi connectivity index (χ0v) is 26.0. The maximum atomic E-state index is 14.2. The lowest BCUT2D eigenvalue weighted by Gasteiger charge is -2.43. The van der Waals surface area contributed by atoms with Crippen molar-refractivity contribution in [3.8, 4) is 0 Å². The van der Waals surface area contributed by atoms with Crippen LogP contribution in [0.2, 0.25) is 0 Å². The molecule has 6 rings (SSSR count). The molecule has 3 saturated heterocycles. The van der Waals surface area contributed by atoms with Crippen LogP contribution >= 0.6 is 0 Å². The van der Waals surface area contributed by atoms with E-state index in [1.807, 2.05) is 24.3 Å². The fourth-order valence-electron chi connectivity index (χ4n) is 6.89. The molecule has 3 aliphatic heterocycles. The van der Waals surface area contributed by atoms with E-state index in [0.717, 1.165) is 56.7 Å². The Kier molecular flexibility index (Phi) is 10.2. The minimum Gasteiger partial charge on any atom is -0.392 e. The van der Waals surface area contributed by atoms with Crippen molar-refractivity contribution in [2.24, 2.45) is 5.92 Å². The van der Waals surface area contributed by atoms with Gasteiger partial charge in [0.2, 0.25) is 5.82 Å². The number of amides is 1. The summed E-state index contributed by atoms with van der Waals surface area (Å²) < 4.78 is 82.3. The number of ether oxygens (including phenoxy) is 2. The second kappa shape index (κ2) is 14.4. The predicted octanol–water partition coefficient (Wildman–Crippen LogP) is 6.48. The van der Waals surface area contributed by atoms with Crippen molar-refractivity contribution in [1.82, 2.24) is 9.80 Å². The average Bonchev–Trinajstić information content (AvgIpc) is 3.77. The van der Waals surface area contributed by atoms with E-state index in [1.165, 1.54) is 25.0 Å². The molecule has 252 valence electrons. The number of rotatable bonds is 9. The standard InChI is InChI=1S/C35H38F5N3O4/c1-20-26(18-43-16-4-5-25(43)17-42-14-2-3-15-42)46-35(47-33(20)22-8-6-21(19-44)7-9-22)23-10-12-24(13-11-23)41-34(45)27-28(36)30(38)32(40)31(39)29(27)37/h6-13,20,25-26,33,35,44H,2-5,14-19H2,1H3,(H,41,45)/t20-,25-,26+,33+,35+/m0/s1. The van der Waals surface area contributed by atoms with Gasteiger partial charge in [-0.1, -0.05) is 43.3 Å². The third kappa shape index (κ3) is 7.07. The number of aliphatic hydroxyl groups excluding tert-OH is 1. The number of benzene rings is 3. The highest BCUT2D eigenvalue weighted by molar-refractivity contribution is 6.04. The molecule has 0 unspecified atom stereocenters. The second-order valence-electron chi connectivity index (χ2n) is 12.6. The van der Waals surface area contributed by atoms with Gasteiger partial charge in [-0.25, -0.2) is 22.0 Å². The molecule has 7 nitrogen and oxygen atoms in total. The van der Waals surface area contributed by atoms with Crippen LogP contribution in [0.25, 0.3) is 0 Å². The number of carbonyl (C=O) groups excluding carboxylic acids is 1. The summed E-state index contributed by atoms with van der Waals surface area (Å²) in [6, 6.07) is 14.2. The lowest BCUT2D eigenvalue weighted by molar-refractivity contribution is -0.276. The van der Waals surface area contributed by atoms with Gasteiger partial charge >= 0.3 is 0 Å². The Bertz CT molecular complexity index is 1540. The largest absolute Gasteiger partial charge is 0.392 e. The molecule has 0 radical (unpaired) electrons. The van der Waals surface area contributed by atoms with E-state index in [9.17, 15) is 31.9 Å². The topological polar surface area (TPSA) is 74.3 Å². The summed E-state index contributed by atoms with van der Waals surface area (Å²) in [4.78, 5) is 17.6. The zero-order valence-electron chi connectivity index (χ0n) is 26.0. The van der Waals surface area contributed by atoms with Gasteiger partial charge in [0, 0.05) is 36.3 Å². The number of hydrogen-bond donors (Lipinski definition) is 2. The Hall–Kier alpha value is -3.42. The highest BCUT2D eigenvalue weighted by atomic mass is 19.2. The van der Waals surface area contributed by atoms with Gasteiger partial charge in [-0.15, -0.1) is 0 Å². The molecule has 0 saturated carbocycles. The first kappa shape index (κ1) is 33.5. The van der Waals surface area contributed by atoms with Gasteiger partial charge in [0.05, 0.1) is 18.8 Å². The van der Waals surface area contributed by atoms with Crippen LogP contribution in [0, 0.1) is 35.0 Å². The van der Waals surface area contributed by atoms with E-state index in [1.54, 1.807) is 12.1 Å². The normalized spacial score (nSPS) is 25.4. The molecule has 5 atom stereocenters. The number of nitrogens with one attached hydrogen (secondary N) is 1. The highest BCUT2D eigenvalue weighted by Gasteiger charge is 2.41. The zero-order chi connectivity index (χ0) is 33.2. The number of hydrogen-bond acceptors (Lipinski definition) is 6. The Labute approximate surface area is 270 Å². The van der Waals surface area contributed by atoms with Crippen molar-refractivity contribution in [2.45, 2.75) is 63.8 Å². The molecule has 3 heterocycles. The van der Waals surface area contributed by atoms with Crippen LogP contribution < -0.4 is 5.32 Å². The molecule has 3 aliphatic rings. The van der Waals surface area contributed by atoms with Crippen molar-refractivity contribution in [3.63, 3.8) is 0 Å². The monoisotopic (exact) mass is 659 g/mol. The Morgan fingerprint density at radius 3 is 2.06 bits per heavy atom. The molecule has 3 fully saturated rings. The fourth-order valence-corrected chi connectivity index (χ4v) is 6.89. The van der Waals surface area contributed by atoms with Crippen molar-refractivity contribution in [2.75, 3.05) is 38.0 Å². The lowest BCUT2D eigenvalue weighted by atomic mass is 9.90. The van der Waals surface area contributed by atoms with E-state index in [-0.39, 0.29) is 30.4 Å². The smallest absolute Gasteiger partial charge is 0.261 e. The second-order valence-corrected chi connectivity index (χ2v) is 12.6. The summed E-state index contributed by atoms with van der Waals surface area (Å²) in [5, 5.41) is 11.7. The Balaban J connectivity index is 1.21. The van der Waals surface area contributed by atoms with Gasteiger partial charge in [-0.3, -0.25) is 9.69 Å². The molecule has 47 heavy (non-hydrogen) atoms. The van der Waals surface area contributed by atoms with Crippen LogP contribution in [0.15, 0.2) is 48.5 Å². The minimum atomic E-state index is -2.34. The molecular weight excluding hydrogens is 621 g/mol.